The Morgan fingerprint density at radius 2 is 2.32 bits per heavy atom. The van der Waals surface area contributed by atoms with Crippen LogP contribution in [0.2, 0.25) is 0 Å². The molecule has 1 fully saturated rings. The Hall–Kier alpha value is -1.07. The average Bonchev–Trinajstić information content (AvgIpc) is 2.88. The minimum absolute atomic E-state index is 0.134. The summed E-state index contributed by atoms with van der Waals surface area (Å²) in [6.07, 6.45) is 5.70. The summed E-state index contributed by atoms with van der Waals surface area (Å²) in [4.78, 5) is 7.08. The number of rotatable bonds is 6. The number of hydrogen-bond donors (Lipinski definition) is 1. The number of unbranched alkanes of at least 4 members (excludes halogenated alkanes) is 1. The zero-order valence-corrected chi connectivity index (χ0v) is 12.1. The lowest BCUT2D eigenvalue weighted by Crippen LogP contribution is -2.46. The molecule has 1 unspecified atom stereocenters. The Balaban J connectivity index is 2.14. The number of aromatic nitrogens is 2. The molecule has 0 bridgehead atoms. The van der Waals surface area contributed by atoms with Crippen molar-refractivity contribution in [1.82, 2.24) is 9.55 Å². The lowest BCUT2D eigenvalue weighted by Gasteiger charge is -2.33. The predicted octanol–water partition coefficient (Wildman–Crippen LogP) is 1.41. The predicted molar refractivity (Wildman–Crippen MR) is 77.5 cm³/mol. The van der Waals surface area contributed by atoms with Crippen molar-refractivity contribution in [2.45, 2.75) is 45.8 Å². The van der Waals surface area contributed by atoms with Crippen LogP contribution in [0.25, 0.3) is 0 Å². The summed E-state index contributed by atoms with van der Waals surface area (Å²) in [6.45, 7) is 8.49. The molecule has 0 spiro atoms. The second kappa shape index (κ2) is 6.91. The van der Waals surface area contributed by atoms with E-state index in [0.29, 0.717) is 6.54 Å². The number of morpholine rings is 1. The van der Waals surface area contributed by atoms with Gasteiger partial charge in [-0.3, -0.25) is 0 Å². The fraction of sp³-hybridized carbons (Fsp3) is 0.786. The van der Waals surface area contributed by atoms with Crippen molar-refractivity contribution in [3.63, 3.8) is 0 Å². The first-order chi connectivity index (χ1) is 9.28. The summed E-state index contributed by atoms with van der Waals surface area (Å²) >= 11 is 0. The molecular weight excluding hydrogens is 240 g/mol. The summed E-state index contributed by atoms with van der Waals surface area (Å²) in [5, 5.41) is 0. The van der Waals surface area contributed by atoms with Crippen LogP contribution in [-0.2, 0) is 17.7 Å². The number of imidazole rings is 1. The molecule has 1 aromatic rings. The maximum atomic E-state index is 5.71. The fourth-order valence-electron chi connectivity index (χ4n) is 2.42. The fourth-order valence-corrected chi connectivity index (χ4v) is 2.42. The zero-order valence-electron chi connectivity index (χ0n) is 12.1. The maximum Gasteiger partial charge on any atom is 0.205 e. The van der Waals surface area contributed by atoms with E-state index in [1.165, 1.54) is 18.5 Å². The van der Waals surface area contributed by atoms with Gasteiger partial charge in [-0.1, -0.05) is 20.3 Å². The molecule has 0 aromatic carbocycles. The molecule has 1 saturated heterocycles. The number of ether oxygens (including phenoxy) is 1. The highest BCUT2D eigenvalue weighted by Crippen LogP contribution is 2.19. The van der Waals surface area contributed by atoms with Gasteiger partial charge >= 0.3 is 0 Å². The van der Waals surface area contributed by atoms with E-state index in [1.54, 1.807) is 0 Å². The smallest absolute Gasteiger partial charge is 0.205 e. The molecule has 2 N–H and O–H groups in total. The van der Waals surface area contributed by atoms with E-state index in [0.717, 1.165) is 38.6 Å². The third-order valence-electron chi connectivity index (χ3n) is 3.60. The Morgan fingerprint density at radius 3 is 3.00 bits per heavy atom. The number of nitrogens with two attached hydrogens (primary N) is 1. The quantitative estimate of drug-likeness (QED) is 0.846. The van der Waals surface area contributed by atoms with Crippen LogP contribution in [0, 0.1) is 0 Å². The summed E-state index contributed by atoms with van der Waals surface area (Å²) in [6, 6.07) is 0. The molecule has 1 atom stereocenters. The Labute approximate surface area is 115 Å². The molecule has 108 valence electrons. The van der Waals surface area contributed by atoms with Gasteiger partial charge in [0.1, 0.15) is 0 Å². The van der Waals surface area contributed by atoms with Crippen LogP contribution in [0.5, 0.6) is 0 Å². The van der Waals surface area contributed by atoms with Gasteiger partial charge in [-0.05, 0) is 12.8 Å². The van der Waals surface area contributed by atoms with Crippen molar-refractivity contribution >= 4 is 5.95 Å². The van der Waals surface area contributed by atoms with Gasteiger partial charge in [-0.2, -0.15) is 0 Å². The van der Waals surface area contributed by atoms with E-state index < -0.39 is 0 Å². The van der Waals surface area contributed by atoms with Gasteiger partial charge in [0.05, 0.1) is 18.4 Å². The summed E-state index contributed by atoms with van der Waals surface area (Å²) < 4.78 is 7.92. The van der Waals surface area contributed by atoms with Crippen molar-refractivity contribution in [3.05, 3.63) is 11.9 Å². The van der Waals surface area contributed by atoms with Crippen LogP contribution in [0.15, 0.2) is 6.20 Å². The normalized spacial score (nSPS) is 19.9. The lowest BCUT2D eigenvalue weighted by atomic mass is 10.3. The van der Waals surface area contributed by atoms with E-state index in [4.69, 9.17) is 15.5 Å². The molecule has 19 heavy (non-hydrogen) atoms. The van der Waals surface area contributed by atoms with Crippen LogP contribution in [0.3, 0.4) is 0 Å². The van der Waals surface area contributed by atoms with Crippen LogP contribution >= 0.6 is 0 Å². The molecule has 0 aliphatic carbocycles. The number of nitrogens with zero attached hydrogens (tertiary/aromatic N) is 3. The van der Waals surface area contributed by atoms with Crippen molar-refractivity contribution in [2.75, 3.05) is 31.1 Å². The molecular formula is C14H26N4O. The second-order valence-corrected chi connectivity index (χ2v) is 5.11. The Kier molecular flexibility index (Phi) is 5.22. The van der Waals surface area contributed by atoms with Gasteiger partial charge < -0.3 is 19.9 Å². The van der Waals surface area contributed by atoms with Crippen molar-refractivity contribution in [1.29, 1.82) is 0 Å². The highest BCUT2D eigenvalue weighted by Gasteiger charge is 2.23. The number of aryl methyl sites for hydroxylation is 2. The third-order valence-corrected chi connectivity index (χ3v) is 3.60. The van der Waals surface area contributed by atoms with Gasteiger partial charge in [-0.25, -0.2) is 4.98 Å². The van der Waals surface area contributed by atoms with E-state index in [-0.39, 0.29) is 6.10 Å². The highest BCUT2D eigenvalue weighted by atomic mass is 16.5. The van der Waals surface area contributed by atoms with Crippen molar-refractivity contribution in [3.8, 4) is 0 Å². The maximum absolute atomic E-state index is 5.71. The molecule has 0 amide bonds. The average molecular weight is 266 g/mol. The zero-order chi connectivity index (χ0) is 13.7. The molecule has 0 saturated carbocycles. The lowest BCUT2D eigenvalue weighted by molar-refractivity contribution is 0.0457. The van der Waals surface area contributed by atoms with E-state index >= 15 is 0 Å². The van der Waals surface area contributed by atoms with E-state index in [2.05, 4.69) is 29.5 Å². The first-order valence-corrected chi connectivity index (χ1v) is 7.41. The van der Waals surface area contributed by atoms with Crippen molar-refractivity contribution in [2.24, 2.45) is 5.73 Å². The molecule has 5 heteroatoms. The van der Waals surface area contributed by atoms with Crippen LogP contribution in [0.1, 0.15) is 32.4 Å². The molecule has 0 radical (unpaired) electrons. The van der Waals surface area contributed by atoms with Gasteiger partial charge in [0.15, 0.2) is 0 Å². The van der Waals surface area contributed by atoms with Crippen LogP contribution in [0.4, 0.5) is 5.95 Å². The highest BCUT2D eigenvalue weighted by molar-refractivity contribution is 5.34. The molecule has 2 heterocycles. The summed E-state index contributed by atoms with van der Waals surface area (Å²) in [7, 11) is 0. The van der Waals surface area contributed by atoms with E-state index in [1.807, 2.05) is 0 Å². The van der Waals surface area contributed by atoms with Crippen LogP contribution in [-0.4, -0.2) is 41.9 Å². The second-order valence-electron chi connectivity index (χ2n) is 5.11. The molecule has 5 nitrogen and oxygen atoms in total. The Morgan fingerprint density at radius 1 is 1.47 bits per heavy atom. The number of hydrogen-bond acceptors (Lipinski definition) is 4. The minimum Gasteiger partial charge on any atom is -0.373 e. The Bertz CT molecular complexity index is 391. The minimum atomic E-state index is 0.134. The largest absolute Gasteiger partial charge is 0.373 e. The van der Waals surface area contributed by atoms with E-state index in [9.17, 15) is 0 Å². The van der Waals surface area contributed by atoms with Gasteiger partial charge in [-0.15, -0.1) is 0 Å². The monoisotopic (exact) mass is 266 g/mol. The van der Waals surface area contributed by atoms with Gasteiger partial charge in [0.2, 0.25) is 5.95 Å². The first kappa shape index (κ1) is 14.3. The third kappa shape index (κ3) is 3.48. The summed E-state index contributed by atoms with van der Waals surface area (Å²) in [5.41, 5.74) is 6.88. The molecule has 1 aliphatic rings. The topological polar surface area (TPSA) is 56.3 Å². The number of anilines is 1. The molecule has 2 rings (SSSR count). The summed E-state index contributed by atoms with van der Waals surface area (Å²) in [5.74, 6) is 1.09. The van der Waals surface area contributed by atoms with Crippen molar-refractivity contribution < 1.29 is 4.74 Å². The SMILES string of the molecule is CCCCn1cc(CC)nc1N1CCOC(CN)C1. The first-order valence-electron chi connectivity index (χ1n) is 7.41. The van der Waals surface area contributed by atoms with Crippen LogP contribution < -0.4 is 10.6 Å². The standard InChI is InChI=1S/C14H26N4O/c1-3-5-6-17-10-12(4-2)16-14(17)18-7-8-19-13(9-15)11-18/h10,13H,3-9,11,15H2,1-2H3. The van der Waals surface area contributed by atoms with Gasteiger partial charge in [0.25, 0.3) is 0 Å². The van der Waals surface area contributed by atoms with Gasteiger partial charge in [0, 0.05) is 32.4 Å². The molecule has 1 aromatic heterocycles. The molecule has 1 aliphatic heterocycles.